The summed E-state index contributed by atoms with van der Waals surface area (Å²) in [7, 11) is 3.72. The summed E-state index contributed by atoms with van der Waals surface area (Å²) in [4.78, 5) is 18.4. The zero-order valence-electron chi connectivity index (χ0n) is 12.9. The van der Waals surface area contributed by atoms with Crippen LogP contribution in [0.5, 0.6) is 0 Å². The van der Waals surface area contributed by atoms with E-state index in [-0.39, 0.29) is 6.03 Å². The second-order valence-corrected chi connectivity index (χ2v) is 5.25. The number of carbonyl (C=O) groups excluding carboxylic acids is 1. The molecule has 112 valence electrons. The number of amides is 2. The van der Waals surface area contributed by atoms with E-state index in [0.29, 0.717) is 0 Å². The topological polar surface area (TPSA) is 50.2 Å². The van der Waals surface area contributed by atoms with Gasteiger partial charge in [0.1, 0.15) is 5.82 Å². The number of hydrogen-bond donors (Lipinski definition) is 1. The van der Waals surface area contributed by atoms with Gasteiger partial charge in [-0.1, -0.05) is 18.2 Å². The number of hydrogen-bond acceptors (Lipinski definition) is 2. The van der Waals surface area contributed by atoms with Crippen molar-refractivity contribution in [3.05, 3.63) is 54.4 Å². The van der Waals surface area contributed by atoms with Gasteiger partial charge in [0.2, 0.25) is 0 Å². The third-order valence-corrected chi connectivity index (χ3v) is 3.80. The zero-order chi connectivity index (χ0) is 15.7. The number of nitrogens with one attached hydrogen (secondary N) is 1. The van der Waals surface area contributed by atoms with E-state index in [1.807, 2.05) is 67.1 Å². The number of imidazole rings is 1. The minimum atomic E-state index is -0.182. The second-order valence-electron chi connectivity index (χ2n) is 5.25. The third-order valence-electron chi connectivity index (χ3n) is 3.80. The van der Waals surface area contributed by atoms with Gasteiger partial charge in [0.05, 0.1) is 11.0 Å². The number of urea groups is 1. The maximum Gasteiger partial charge on any atom is 0.326 e. The van der Waals surface area contributed by atoms with Gasteiger partial charge in [0.25, 0.3) is 0 Å². The molecule has 0 atom stereocenters. The first-order chi connectivity index (χ1) is 10.6. The SMILES string of the molecule is Cc1nc2cc(NC(=O)N(C)c3ccccc3)ccc2n1C. The predicted octanol–water partition coefficient (Wildman–Crippen LogP) is 3.55. The highest BCUT2D eigenvalue weighted by molar-refractivity contribution is 6.02. The Morgan fingerprint density at radius 1 is 1.18 bits per heavy atom. The van der Waals surface area contributed by atoms with Crippen LogP contribution in [0.25, 0.3) is 11.0 Å². The minimum absolute atomic E-state index is 0.182. The van der Waals surface area contributed by atoms with Gasteiger partial charge in [0.15, 0.2) is 0 Å². The molecule has 1 N–H and O–H groups in total. The zero-order valence-corrected chi connectivity index (χ0v) is 12.9. The highest BCUT2D eigenvalue weighted by Crippen LogP contribution is 2.20. The van der Waals surface area contributed by atoms with Crippen molar-refractivity contribution in [3.8, 4) is 0 Å². The smallest absolute Gasteiger partial charge is 0.326 e. The van der Waals surface area contributed by atoms with Crippen LogP contribution in [-0.2, 0) is 7.05 Å². The van der Waals surface area contributed by atoms with Gasteiger partial charge in [0, 0.05) is 25.5 Å². The molecule has 1 aromatic heterocycles. The summed E-state index contributed by atoms with van der Waals surface area (Å²) in [6.07, 6.45) is 0. The molecular weight excluding hydrogens is 276 g/mol. The molecule has 0 saturated carbocycles. The Kier molecular flexibility index (Phi) is 3.55. The fourth-order valence-corrected chi connectivity index (χ4v) is 2.37. The first-order valence-corrected chi connectivity index (χ1v) is 7.09. The van der Waals surface area contributed by atoms with Crippen molar-refractivity contribution in [1.29, 1.82) is 0 Å². The van der Waals surface area contributed by atoms with Gasteiger partial charge in [-0.05, 0) is 37.3 Å². The van der Waals surface area contributed by atoms with Crippen molar-refractivity contribution in [2.24, 2.45) is 7.05 Å². The lowest BCUT2D eigenvalue weighted by Gasteiger charge is -2.18. The van der Waals surface area contributed by atoms with Gasteiger partial charge in [-0.2, -0.15) is 0 Å². The summed E-state index contributed by atoms with van der Waals surface area (Å²) >= 11 is 0. The Labute approximate surface area is 129 Å². The maximum atomic E-state index is 12.3. The van der Waals surface area contributed by atoms with Crippen LogP contribution in [0, 0.1) is 6.92 Å². The molecule has 0 saturated heterocycles. The first kappa shape index (κ1) is 14.1. The quantitative estimate of drug-likeness (QED) is 0.785. The molecule has 2 amide bonds. The van der Waals surface area contributed by atoms with E-state index in [0.717, 1.165) is 28.2 Å². The maximum absolute atomic E-state index is 12.3. The Morgan fingerprint density at radius 2 is 1.91 bits per heavy atom. The molecule has 0 bridgehead atoms. The fraction of sp³-hybridized carbons (Fsp3) is 0.176. The Balaban J connectivity index is 1.82. The molecule has 0 radical (unpaired) electrons. The lowest BCUT2D eigenvalue weighted by atomic mass is 10.2. The molecule has 22 heavy (non-hydrogen) atoms. The Bertz CT molecular complexity index is 823. The summed E-state index contributed by atoms with van der Waals surface area (Å²) in [5.41, 5.74) is 3.50. The number of fused-ring (bicyclic) bond motifs is 1. The minimum Gasteiger partial charge on any atom is -0.331 e. The van der Waals surface area contributed by atoms with Gasteiger partial charge in [-0.3, -0.25) is 4.90 Å². The fourth-order valence-electron chi connectivity index (χ4n) is 2.37. The number of anilines is 2. The summed E-state index contributed by atoms with van der Waals surface area (Å²) < 4.78 is 2.02. The average molecular weight is 294 g/mol. The van der Waals surface area contributed by atoms with Gasteiger partial charge in [-0.15, -0.1) is 0 Å². The number of rotatable bonds is 2. The van der Waals surface area contributed by atoms with E-state index in [1.165, 1.54) is 0 Å². The number of benzene rings is 2. The van der Waals surface area contributed by atoms with Crippen LogP contribution in [0.2, 0.25) is 0 Å². The molecule has 0 unspecified atom stereocenters. The summed E-state index contributed by atoms with van der Waals surface area (Å²) in [5, 5.41) is 2.90. The number of nitrogens with zero attached hydrogens (tertiary/aromatic N) is 3. The molecule has 0 fully saturated rings. The van der Waals surface area contributed by atoms with Crippen LogP contribution >= 0.6 is 0 Å². The Morgan fingerprint density at radius 3 is 2.64 bits per heavy atom. The molecule has 2 aromatic carbocycles. The highest BCUT2D eigenvalue weighted by Gasteiger charge is 2.11. The Hall–Kier alpha value is -2.82. The molecule has 0 spiro atoms. The average Bonchev–Trinajstić information content (AvgIpc) is 2.81. The van der Waals surface area contributed by atoms with Crippen LogP contribution in [-0.4, -0.2) is 22.6 Å². The monoisotopic (exact) mass is 294 g/mol. The lowest BCUT2D eigenvalue weighted by molar-refractivity contribution is 0.258. The molecule has 3 rings (SSSR count). The van der Waals surface area contributed by atoms with Gasteiger partial charge in [-0.25, -0.2) is 9.78 Å². The number of para-hydroxylation sites is 1. The van der Waals surface area contributed by atoms with Crippen LogP contribution in [0.1, 0.15) is 5.82 Å². The van der Waals surface area contributed by atoms with Crippen molar-refractivity contribution >= 4 is 28.4 Å². The van der Waals surface area contributed by atoms with Crippen molar-refractivity contribution in [1.82, 2.24) is 9.55 Å². The van der Waals surface area contributed by atoms with Crippen LogP contribution in [0.15, 0.2) is 48.5 Å². The summed E-state index contributed by atoms with van der Waals surface area (Å²) in [5.74, 6) is 0.944. The van der Waals surface area contributed by atoms with E-state index < -0.39 is 0 Å². The first-order valence-electron chi connectivity index (χ1n) is 7.09. The van der Waals surface area contributed by atoms with Gasteiger partial charge >= 0.3 is 6.03 Å². The highest BCUT2D eigenvalue weighted by atomic mass is 16.2. The van der Waals surface area contributed by atoms with Crippen molar-refractivity contribution in [2.45, 2.75) is 6.92 Å². The molecule has 5 nitrogen and oxygen atoms in total. The molecule has 1 heterocycles. The summed E-state index contributed by atoms with van der Waals surface area (Å²) in [6.45, 7) is 1.96. The number of carbonyl (C=O) groups is 1. The standard InChI is InChI=1S/C17H18N4O/c1-12-18-15-11-13(9-10-16(15)20(12)2)19-17(22)21(3)14-7-5-4-6-8-14/h4-11H,1-3H3,(H,19,22). The lowest BCUT2D eigenvalue weighted by Crippen LogP contribution is -2.31. The van der Waals surface area contributed by atoms with Crippen LogP contribution < -0.4 is 10.2 Å². The van der Waals surface area contributed by atoms with E-state index in [9.17, 15) is 4.79 Å². The van der Waals surface area contributed by atoms with Crippen molar-refractivity contribution in [3.63, 3.8) is 0 Å². The van der Waals surface area contributed by atoms with E-state index in [4.69, 9.17) is 0 Å². The normalized spacial score (nSPS) is 10.7. The molecule has 5 heteroatoms. The van der Waals surface area contributed by atoms with Crippen molar-refractivity contribution in [2.75, 3.05) is 17.3 Å². The second kappa shape index (κ2) is 5.52. The number of aromatic nitrogens is 2. The van der Waals surface area contributed by atoms with E-state index in [2.05, 4.69) is 10.3 Å². The number of aryl methyl sites for hydroxylation is 2. The molecule has 0 aliphatic heterocycles. The van der Waals surface area contributed by atoms with Crippen LogP contribution in [0.3, 0.4) is 0 Å². The van der Waals surface area contributed by atoms with E-state index >= 15 is 0 Å². The molecule has 3 aromatic rings. The van der Waals surface area contributed by atoms with Gasteiger partial charge < -0.3 is 9.88 Å². The predicted molar refractivity (Wildman–Crippen MR) is 89.3 cm³/mol. The van der Waals surface area contributed by atoms with Crippen molar-refractivity contribution < 1.29 is 4.79 Å². The third kappa shape index (κ3) is 2.53. The molecular formula is C17H18N4O. The van der Waals surface area contributed by atoms with E-state index in [1.54, 1.807) is 11.9 Å². The molecule has 0 aliphatic rings. The largest absolute Gasteiger partial charge is 0.331 e. The molecule has 0 aliphatic carbocycles. The summed E-state index contributed by atoms with van der Waals surface area (Å²) in [6, 6.07) is 15.1. The van der Waals surface area contributed by atoms with Crippen LogP contribution in [0.4, 0.5) is 16.2 Å².